The molecule has 0 radical (unpaired) electrons. The van der Waals surface area contributed by atoms with Gasteiger partial charge in [0.05, 0.1) is 17.9 Å². The van der Waals surface area contributed by atoms with E-state index in [1.165, 1.54) is 10.9 Å². The summed E-state index contributed by atoms with van der Waals surface area (Å²) in [5, 5.41) is 11.7. The van der Waals surface area contributed by atoms with Crippen molar-refractivity contribution in [1.82, 2.24) is 9.78 Å². The number of aliphatic hydroxyl groups is 1. The van der Waals surface area contributed by atoms with Crippen LogP contribution in [0.4, 0.5) is 0 Å². The highest BCUT2D eigenvalue weighted by Gasteiger charge is 2.05. The molecule has 2 N–H and O–H groups in total. The van der Waals surface area contributed by atoms with Gasteiger partial charge in [0.25, 0.3) is 5.56 Å². The van der Waals surface area contributed by atoms with Crippen molar-refractivity contribution in [1.29, 1.82) is 0 Å². The van der Waals surface area contributed by atoms with Crippen LogP contribution in [0.3, 0.4) is 0 Å². The first-order chi connectivity index (χ1) is 7.22. The molecular formula is C10H9BrN2O2. The molecule has 1 aromatic carbocycles. The Hall–Kier alpha value is -1.33. The maximum absolute atomic E-state index is 11.6. The summed E-state index contributed by atoms with van der Waals surface area (Å²) in [6.07, 6.45) is 1.50. The van der Waals surface area contributed by atoms with Crippen LogP contribution in [0.25, 0.3) is 5.69 Å². The summed E-state index contributed by atoms with van der Waals surface area (Å²) in [5.41, 5.74) is 0.876. The number of H-pyrrole nitrogens is 1. The van der Waals surface area contributed by atoms with Crippen molar-refractivity contribution in [3.05, 3.63) is 50.9 Å². The van der Waals surface area contributed by atoms with Crippen molar-refractivity contribution < 1.29 is 5.11 Å². The second-order valence-electron chi connectivity index (χ2n) is 3.07. The number of nitrogens with one attached hydrogen (secondary N) is 1. The number of nitrogens with zero attached hydrogens (tertiary/aromatic N) is 1. The normalized spacial score (nSPS) is 10.5. The first kappa shape index (κ1) is 10.2. The number of hydrogen-bond acceptors (Lipinski definition) is 2. The summed E-state index contributed by atoms with van der Waals surface area (Å²) < 4.78 is 2.34. The van der Waals surface area contributed by atoms with E-state index >= 15 is 0 Å². The second-order valence-corrected chi connectivity index (χ2v) is 3.99. The van der Waals surface area contributed by atoms with E-state index in [0.29, 0.717) is 5.56 Å². The predicted molar refractivity (Wildman–Crippen MR) is 60.0 cm³/mol. The molecule has 0 saturated heterocycles. The maximum Gasteiger partial charge on any atom is 0.276 e. The Labute approximate surface area is 94.3 Å². The van der Waals surface area contributed by atoms with E-state index in [2.05, 4.69) is 21.0 Å². The van der Waals surface area contributed by atoms with Crippen LogP contribution in [0.5, 0.6) is 0 Å². The van der Waals surface area contributed by atoms with Crippen LogP contribution in [-0.4, -0.2) is 14.9 Å². The lowest BCUT2D eigenvalue weighted by molar-refractivity contribution is 0.280. The lowest BCUT2D eigenvalue weighted by atomic mass is 10.3. The van der Waals surface area contributed by atoms with Crippen LogP contribution in [0.2, 0.25) is 0 Å². The summed E-state index contributed by atoms with van der Waals surface area (Å²) in [5.74, 6) is 0. The van der Waals surface area contributed by atoms with Gasteiger partial charge in [-0.05, 0) is 24.3 Å². The zero-order valence-corrected chi connectivity index (χ0v) is 9.36. The average Bonchev–Trinajstić information content (AvgIpc) is 2.61. The minimum absolute atomic E-state index is 0.222. The number of rotatable bonds is 2. The Morgan fingerprint density at radius 1 is 1.33 bits per heavy atom. The molecule has 1 heterocycles. The summed E-state index contributed by atoms with van der Waals surface area (Å²) >= 11 is 3.32. The molecule has 0 unspecified atom stereocenters. The second kappa shape index (κ2) is 4.04. The highest BCUT2D eigenvalue weighted by molar-refractivity contribution is 9.10. The van der Waals surface area contributed by atoms with E-state index in [4.69, 9.17) is 5.11 Å². The molecular weight excluding hydrogens is 260 g/mol. The lowest BCUT2D eigenvalue weighted by Gasteiger charge is -2.00. The first-order valence-electron chi connectivity index (χ1n) is 4.38. The minimum atomic E-state index is -0.251. The molecule has 5 heteroatoms. The van der Waals surface area contributed by atoms with Gasteiger partial charge in [-0.15, -0.1) is 0 Å². The Balaban J connectivity index is 2.50. The molecule has 2 aromatic rings. The quantitative estimate of drug-likeness (QED) is 0.866. The number of hydrogen-bond donors (Lipinski definition) is 2. The molecule has 2 rings (SSSR count). The SMILES string of the molecule is O=c1c(CO)c[nH]n1-c1ccc(Br)cc1. The van der Waals surface area contributed by atoms with Crippen LogP contribution in [0, 0.1) is 0 Å². The zero-order chi connectivity index (χ0) is 10.8. The van der Waals surface area contributed by atoms with Crippen LogP contribution in [0.15, 0.2) is 39.7 Å². The third kappa shape index (κ3) is 1.88. The summed E-state index contributed by atoms with van der Waals surface area (Å²) in [7, 11) is 0. The molecule has 1 aromatic heterocycles. The Morgan fingerprint density at radius 2 is 2.00 bits per heavy atom. The van der Waals surface area contributed by atoms with E-state index < -0.39 is 0 Å². The van der Waals surface area contributed by atoms with E-state index in [1.807, 2.05) is 24.3 Å². The fraction of sp³-hybridized carbons (Fsp3) is 0.100. The molecule has 0 fully saturated rings. The van der Waals surface area contributed by atoms with Gasteiger partial charge in [-0.3, -0.25) is 9.89 Å². The van der Waals surface area contributed by atoms with Crippen LogP contribution in [-0.2, 0) is 6.61 Å². The Kier molecular flexibility index (Phi) is 2.75. The van der Waals surface area contributed by atoms with Gasteiger partial charge in [0.15, 0.2) is 0 Å². The van der Waals surface area contributed by atoms with Crippen molar-refractivity contribution in [2.75, 3.05) is 0 Å². The van der Waals surface area contributed by atoms with Gasteiger partial charge >= 0.3 is 0 Å². The van der Waals surface area contributed by atoms with Gasteiger partial charge in [0, 0.05) is 10.7 Å². The molecule has 0 bridgehead atoms. The van der Waals surface area contributed by atoms with Gasteiger partial charge in [-0.1, -0.05) is 15.9 Å². The minimum Gasteiger partial charge on any atom is -0.391 e. The summed E-state index contributed by atoms with van der Waals surface area (Å²) in [6, 6.07) is 7.31. The number of aromatic amines is 1. The highest BCUT2D eigenvalue weighted by Crippen LogP contribution is 2.12. The fourth-order valence-corrected chi connectivity index (χ4v) is 1.57. The number of benzene rings is 1. The standard InChI is InChI=1S/C10H9BrN2O2/c11-8-1-3-9(4-2-8)13-10(15)7(6-14)5-12-13/h1-5,12,14H,6H2. The Morgan fingerprint density at radius 3 is 2.53 bits per heavy atom. The van der Waals surface area contributed by atoms with E-state index in [0.717, 1.165) is 10.2 Å². The zero-order valence-electron chi connectivity index (χ0n) is 7.77. The van der Waals surface area contributed by atoms with Crippen molar-refractivity contribution in [2.45, 2.75) is 6.61 Å². The van der Waals surface area contributed by atoms with Crippen LogP contribution >= 0.6 is 15.9 Å². The third-order valence-corrected chi connectivity index (χ3v) is 2.63. The van der Waals surface area contributed by atoms with Gasteiger partial charge in [0.2, 0.25) is 0 Å². The molecule has 78 valence electrons. The topological polar surface area (TPSA) is 58.0 Å². The molecule has 4 nitrogen and oxygen atoms in total. The monoisotopic (exact) mass is 268 g/mol. The van der Waals surface area contributed by atoms with Crippen molar-refractivity contribution in [3.8, 4) is 5.69 Å². The van der Waals surface area contributed by atoms with Crippen molar-refractivity contribution in [3.63, 3.8) is 0 Å². The summed E-state index contributed by atoms with van der Waals surface area (Å²) in [6.45, 7) is -0.251. The van der Waals surface area contributed by atoms with Gasteiger partial charge in [-0.2, -0.15) is 0 Å². The molecule has 0 aliphatic carbocycles. The molecule has 0 atom stereocenters. The molecule has 0 saturated carbocycles. The Bertz CT molecular complexity index is 513. The van der Waals surface area contributed by atoms with Crippen molar-refractivity contribution in [2.24, 2.45) is 0 Å². The largest absolute Gasteiger partial charge is 0.391 e. The highest BCUT2D eigenvalue weighted by atomic mass is 79.9. The number of halogens is 1. The molecule has 0 spiro atoms. The average molecular weight is 269 g/mol. The van der Waals surface area contributed by atoms with Crippen molar-refractivity contribution >= 4 is 15.9 Å². The van der Waals surface area contributed by atoms with Crippen LogP contribution in [0.1, 0.15) is 5.56 Å². The lowest BCUT2D eigenvalue weighted by Crippen LogP contribution is -2.17. The predicted octanol–water partition coefficient (Wildman–Crippen LogP) is 1.42. The smallest absolute Gasteiger partial charge is 0.276 e. The molecule has 15 heavy (non-hydrogen) atoms. The van der Waals surface area contributed by atoms with Gasteiger partial charge in [0.1, 0.15) is 0 Å². The molecule has 0 amide bonds. The van der Waals surface area contributed by atoms with E-state index in [1.54, 1.807) is 0 Å². The van der Waals surface area contributed by atoms with Crippen LogP contribution < -0.4 is 5.56 Å². The number of aliphatic hydroxyl groups excluding tert-OH is 1. The summed E-state index contributed by atoms with van der Waals surface area (Å²) in [4.78, 5) is 11.6. The first-order valence-corrected chi connectivity index (χ1v) is 5.18. The van der Waals surface area contributed by atoms with E-state index in [9.17, 15) is 4.79 Å². The fourth-order valence-electron chi connectivity index (χ4n) is 1.30. The van der Waals surface area contributed by atoms with E-state index in [-0.39, 0.29) is 12.2 Å². The third-order valence-electron chi connectivity index (χ3n) is 2.10. The molecule has 0 aliphatic heterocycles. The number of aromatic nitrogens is 2. The van der Waals surface area contributed by atoms with Gasteiger partial charge < -0.3 is 5.11 Å². The molecule has 0 aliphatic rings. The maximum atomic E-state index is 11.6. The van der Waals surface area contributed by atoms with Gasteiger partial charge in [-0.25, -0.2) is 4.68 Å².